The smallest absolute Gasteiger partial charge is 0.317 e. The Bertz CT molecular complexity index is 462. The van der Waals surface area contributed by atoms with Crippen LogP contribution in [0.1, 0.15) is 32.6 Å². The molecule has 116 valence electrons. The van der Waals surface area contributed by atoms with Crippen LogP contribution in [0.5, 0.6) is 0 Å². The lowest BCUT2D eigenvalue weighted by Gasteiger charge is -2.26. The third-order valence-electron chi connectivity index (χ3n) is 3.46. The van der Waals surface area contributed by atoms with Gasteiger partial charge < -0.3 is 15.3 Å². The molecule has 0 aromatic rings. The molecular formula is C12H22N2O5S. The van der Waals surface area contributed by atoms with Crippen molar-refractivity contribution in [1.29, 1.82) is 0 Å². The summed E-state index contributed by atoms with van der Waals surface area (Å²) >= 11 is 0. The number of rotatable bonds is 6. The molecule has 0 radical (unpaired) electrons. The van der Waals surface area contributed by atoms with Crippen LogP contribution >= 0.6 is 0 Å². The number of carbonyl (C=O) groups excluding carboxylic acids is 1. The van der Waals surface area contributed by atoms with Gasteiger partial charge in [-0.3, -0.25) is 4.79 Å². The number of carboxylic acids is 1. The molecular weight excluding hydrogens is 284 g/mol. The zero-order valence-electron chi connectivity index (χ0n) is 11.8. The first kappa shape index (κ1) is 16.7. The first-order valence-electron chi connectivity index (χ1n) is 6.70. The second-order valence-corrected chi connectivity index (χ2v) is 7.43. The van der Waals surface area contributed by atoms with Crippen molar-refractivity contribution in [2.24, 2.45) is 0 Å². The van der Waals surface area contributed by atoms with E-state index >= 15 is 0 Å². The molecule has 0 aromatic heterocycles. The standard InChI is InChI=1S/C12H22N2O5S/c1-3-4-9(7-11(15)16)13-12(17)14(2)10-5-6-20(18,19)8-10/h9-10H,3-8H2,1-2H3,(H,13,17)(H,15,16). The van der Waals surface area contributed by atoms with Crippen LogP contribution in [0.25, 0.3) is 0 Å². The number of hydrogen-bond donors (Lipinski definition) is 2. The summed E-state index contributed by atoms with van der Waals surface area (Å²) in [4.78, 5) is 24.1. The molecule has 1 heterocycles. The van der Waals surface area contributed by atoms with Crippen molar-refractivity contribution in [2.75, 3.05) is 18.6 Å². The van der Waals surface area contributed by atoms with E-state index in [1.54, 1.807) is 7.05 Å². The van der Waals surface area contributed by atoms with Gasteiger partial charge in [-0.1, -0.05) is 13.3 Å². The molecule has 0 spiro atoms. The second kappa shape index (κ2) is 6.92. The Morgan fingerprint density at radius 1 is 1.45 bits per heavy atom. The number of amides is 2. The highest BCUT2D eigenvalue weighted by Crippen LogP contribution is 2.16. The van der Waals surface area contributed by atoms with Gasteiger partial charge in [0.15, 0.2) is 9.84 Å². The molecule has 0 aliphatic carbocycles. The van der Waals surface area contributed by atoms with E-state index in [9.17, 15) is 18.0 Å². The Hall–Kier alpha value is -1.31. The molecule has 1 saturated heterocycles. The molecule has 0 aromatic carbocycles. The number of aliphatic carboxylic acids is 1. The summed E-state index contributed by atoms with van der Waals surface area (Å²) in [7, 11) is -1.50. The Balaban J connectivity index is 2.57. The van der Waals surface area contributed by atoms with E-state index in [2.05, 4.69) is 5.32 Å². The lowest BCUT2D eigenvalue weighted by atomic mass is 10.1. The van der Waals surface area contributed by atoms with Crippen molar-refractivity contribution < 1.29 is 23.1 Å². The Morgan fingerprint density at radius 3 is 2.55 bits per heavy atom. The number of nitrogens with zero attached hydrogens (tertiary/aromatic N) is 1. The maximum absolute atomic E-state index is 12.0. The first-order valence-corrected chi connectivity index (χ1v) is 8.53. The molecule has 1 fully saturated rings. The summed E-state index contributed by atoms with van der Waals surface area (Å²) in [5.41, 5.74) is 0. The summed E-state index contributed by atoms with van der Waals surface area (Å²) in [5.74, 6) is -0.883. The van der Waals surface area contributed by atoms with Crippen LogP contribution in [-0.2, 0) is 14.6 Å². The van der Waals surface area contributed by atoms with E-state index in [1.165, 1.54) is 4.90 Å². The Morgan fingerprint density at radius 2 is 2.10 bits per heavy atom. The van der Waals surface area contributed by atoms with Gasteiger partial charge in [0.1, 0.15) is 0 Å². The average molecular weight is 306 g/mol. The summed E-state index contributed by atoms with van der Waals surface area (Å²) in [6.45, 7) is 1.91. The van der Waals surface area contributed by atoms with E-state index in [4.69, 9.17) is 5.11 Å². The molecule has 2 unspecified atom stereocenters. The van der Waals surface area contributed by atoms with Crippen molar-refractivity contribution in [1.82, 2.24) is 10.2 Å². The van der Waals surface area contributed by atoms with Gasteiger partial charge in [0, 0.05) is 19.1 Å². The second-order valence-electron chi connectivity index (χ2n) is 5.20. The van der Waals surface area contributed by atoms with Crippen LogP contribution in [0.2, 0.25) is 0 Å². The fourth-order valence-corrected chi connectivity index (χ4v) is 4.08. The summed E-state index contributed by atoms with van der Waals surface area (Å²) in [5, 5.41) is 11.5. The maximum Gasteiger partial charge on any atom is 0.317 e. The van der Waals surface area contributed by atoms with E-state index < -0.39 is 27.9 Å². The predicted molar refractivity (Wildman–Crippen MR) is 74.3 cm³/mol. The minimum absolute atomic E-state index is 0.0195. The highest BCUT2D eigenvalue weighted by molar-refractivity contribution is 7.91. The van der Waals surface area contributed by atoms with Crippen LogP contribution in [0.3, 0.4) is 0 Å². The van der Waals surface area contributed by atoms with Crippen LogP contribution < -0.4 is 5.32 Å². The molecule has 1 aliphatic heterocycles. The number of carboxylic acid groups (broad SMARTS) is 1. The van der Waals surface area contributed by atoms with Crippen LogP contribution in [0.15, 0.2) is 0 Å². The lowest BCUT2D eigenvalue weighted by Crippen LogP contribution is -2.48. The molecule has 0 saturated carbocycles. The highest BCUT2D eigenvalue weighted by atomic mass is 32.2. The van der Waals surface area contributed by atoms with Gasteiger partial charge in [-0.15, -0.1) is 0 Å². The monoisotopic (exact) mass is 306 g/mol. The van der Waals surface area contributed by atoms with Gasteiger partial charge in [0.2, 0.25) is 0 Å². The molecule has 2 atom stereocenters. The fourth-order valence-electron chi connectivity index (χ4n) is 2.31. The van der Waals surface area contributed by atoms with Crippen LogP contribution in [0, 0.1) is 0 Å². The van der Waals surface area contributed by atoms with Gasteiger partial charge in [0.25, 0.3) is 0 Å². The molecule has 2 amide bonds. The third-order valence-corrected chi connectivity index (χ3v) is 5.21. The normalized spacial score (nSPS) is 22.2. The van der Waals surface area contributed by atoms with Crippen molar-refractivity contribution in [3.05, 3.63) is 0 Å². The van der Waals surface area contributed by atoms with Crippen molar-refractivity contribution in [3.63, 3.8) is 0 Å². The van der Waals surface area contributed by atoms with E-state index in [1.807, 2.05) is 6.92 Å². The van der Waals surface area contributed by atoms with E-state index in [0.29, 0.717) is 12.8 Å². The Labute approximate surface area is 119 Å². The molecule has 2 N–H and O–H groups in total. The number of sulfone groups is 1. The maximum atomic E-state index is 12.0. The zero-order chi connectivity index (χ0) is 15.3. The molecule has 20 heavy (non-hydrogen) atoms. The van der Waals surface area contributed by atoms with Crippen LogP contribution in [-0.4, -0.2) is 61.1 Å². The van der Waals surface area contributed by atoms with Crippen molar-refractivity contribution in [3.8, 4) is 0 Å². The third kappa shape index (κ3) is 4.99. The van der Waals surface area contributed by atoms with Crippen molar-refractivity contribution >= 4 is 21.8 Å². The summed E-state index contributed by atoms with van der Waals surface area (Å²) in [6, 6.07) is -1.16. The quantitative estimate of drug-likeness (QED) is 0.742. The van der Waals surface area contributed by atoms with Gasteiger partial charge in [0.05, 0.1) is 17.9 Å². The molecule has 0 bridgehead atoms. The van der Waals surface area contributed by atoms with E-state index in [-0.39, 0.29) is 24.0 Å². The molecule has 1 rings (SSSR count). The zero-order valence-corrected chi connectivity index (χ0v) is 12.6. The Kier molecular flexibility index (Phi) is 5.79. The van der Waals surface area contributed by atoms with Gasteiger partial charge in [-0.05, 0) is 12.8 Å². The highest BCUT2D eigenvalue weighted by Gasteiger charge is 2.33. The first-order chi connectivity index (χ1) is 9.25. The molecule has 8 heteroatoms. The lowest BCUT2D eigenvalue weighted by molar-refractivity contribution is -0.137. The average Bonchev–Trinajstić information content (AvgIpc) is 2.68. The van der Waals surface area contributed by atoms with E-state index in [0.717, 1.165) is 6.42 Å². The molecule has 1 aliphatic rings. The molecule has 7 nitrogen and oxygen atoms in total. The summed E-state index contributed by atoms with van der Waals surface area (Å²) in [6.07, 6.45) is 1.65. The van der Waals surface area contributed by atoms with Gasteiger partial charge >= 0.3 is 12.0 Å². The van der Waals surface area contributed by atoms with Gasteiger partial charge in [-0.25, -0.2) is 13.2 Å². The SMILES string of the molecule is CCCC(CC(=O)O)NC(=O)N(C)C1CCS(=O)(=O)C1. The number of hydrogen-bond acceptors (Lipinski definition) is 4. The topological polar surface area (TPSA) is 104 Å². The summed E-state index contributed by atoms with van der Waals surface area (Å²) < 4.78 is 22.8. The van der Waals surface area contributed by atoms with Crippen LogP contribution in [0.4, 0.5) is 4.79 Å². The number of carbonyl (C=O) groups is 2. The largest absolute Gasteiger partial charge is 0.481 e. The van der Waals surface area contributed by atoms with Crippen molar-refractivity contribution in [2.45, 2.75) is 44.7 Å². The fraction of sp³-hybridized carbons (Fsp3) is 0.833. The number of nitrogens with one attached hydrogen (secondary N) is 1. The number of urea groups is 1. The predicted octanol–water partition coefficient (Wildman–Crippen LogP) is 0.458. The van der Waals surface area contributed by atoms with Gasteiger partial charge in [-0.2, -0.15) is 0 Å². The minimum atomic E-state index is -3.05. The minimum Gasteiger partial charge on any atom is -0.481 e.